The Balaban J connectivity index is 1.58. The Morgan fingerprint density at radius 2 is 1.91 bits per heavy atom. The van der Waals surface area contributed by atoms with E-state index in [1.165, 1.54) is 0 Å². The molecule has 8 nitrogen and oxygen atoms in total. The van der Waals surface area contributed by atoms with Crippen molar-refractivity contribution in [2.75, 3.05) is 39.7 Å². The monoisotopic (exact) mass is 439 g/mol. The zero-order valence-electron chi connectivity index (χ0n) is 19.9. The van der Waals surface area contributed by atoms with E-state index in [4.69, 9.17) is 9.47 Å². The molecule has 0 aliphatic carbocycles. The fourth-order valence-corrected chi connectivity index (χ4v) is 3.77. The molecule has 0 radical (unpaired) electrons. The average molecular weight is 440 g/mol. The third-order valence-electron chi connectivity index (χ3n) is 5.47. The van der Waals surface area contributed by atoms with Gasteiger partial charge < -0.3 is 19.7 Å². The summed E-state index contributed by atoms with van der Waals surface area (Å²) in [6.45, 7) is 5.66. The van der Waals surface area contributed by atoms with E-state index in [2.05, 4.69) is 20.3 Å². The van der Waals surface area contributed by atoms with Crippen molar-refractivity contribution in [3.05, 3.63) is 41.1 Å². The largest absolute Gasteiger partial charge is 0.494 e. The molecule has 3 rings (SSSR count). The van der Waals surface area contributed by atoms with Gasteiger partial charge in [0.2, 0.25) is 11.8 Å². The number of ether oxygens (including phenoxy) is 2. The van der Waals surface area contributed by atoms with Crippen LogP contribution in [-0.4, -0.2) is 59.9 Å². The molecule has 1 aromatic carbocycles. The Bertz CT molecular complexity index is 1070. The number of nitrogens with zero attached hydrogens (tertiary/aromatic N) is 4. The summed E-state index contributed by atoms with van der Waals surface area (Å²) in [6, 6.07) is 7.49. The zero-order chi connectivity index (χ0) is 23.3. The van der Waals surface area contributed by atoms with Crippen LogP contribution in [0.25, 0.3) is 11.0 Å². The van der Waals surface area contributed by atoms with Gasteiger partial charge in [0.25, 0.3) is 0 Å². The number of amides is 1. The fourth-order valence-electron chi connectivity index (χ4n) is 3.77. The van der Waals surface area contributed by atoms with Gasteiger partial charge in [-0.3, -0.25) is 4.79 Å². The fraction of sp³-hybridized carbons (Fsp3) is 0.458. The van der Waals surface area contributed by atoms with E-state index in [1.807, 2.05) is 59.3 Å². The van der Waals surface area contributed by atoms with E-state index in [0.717, 1.165) is 52.3 Å². The van der Waals surface area contributed by atoms with Gasteiger partial charge in [0.15, 0.2) is 5.65 Å². The number of fused-ring (bicyclic) bond motifs is 1. The second-order valence-corrected chi connectivity index (χ2v) is 8.21. The third-order valence-corrected chi connectivity index (χ3v) is 5.47. The first-order valence-corrected chi connectivity index (χ1v) is 10.8. The number of methoxy groups -OCH3 is 1. The van der Waals surface area contributed by atoms with Gasteiger partial charge in [-0.25, -0.2) is 9.67 Å². The SMILES string of the molecule is COc1nn(C)c2nc(C)c(CCC(=O)Nc3ccc(OCCCN(C)C)cc3)c(C)c12. The number of anilines is 1. The first-order chi connectivity index (χ1) is 15.3. The van der Waals surface area contributed by atoms with E-state index in [0.29, 0.717) is 25.3 Å². The molecule has 0 aliphatic rings. The van der Waals surface area contributed by atoms with Crippen molar-refractivity contribution in [3.8, 4) is 11.6 Å². The van der Waals surface area contributed by atoms with Crippen molar-refractivity contribution in [2.45, 2.75) is 33.1 Å². The van der Waals surface area contributed by atoms with Crippen molar-refractivity contribution in [2.24, 2.45) is 7.05 Å². The predicted octanol–water partition coefficient (Wildman–Crippen LogP) is 3.50. The molecule has 2 heterocycles. The lowest BCUT2D eigenvalue weighted by Gasteiger charge is -2.12. The predicted molar refractivity (Wildman–Crippen MR) is 127 cm³/mol. The van der Waals surface area contributed by atoms with Gasteiger partial charge in [0.05, 0.1) is 19.1 Å². The molecule has 0 saturated heterocycles. The van der Waals surface area contributed by atoms with Crippen LogP contribution < -0.4 is 14.8 Å². The molecule has 0 fully saturated rings. The number of rotatable bonds is 10. The lowest BCUT2D eigenvalue weighted by atomic mass is 10.00. The molecule has 1 N–H and O–H groups in total. The van der Waals surface area contributed by atoms with Crippen LogP contribution >= 0.6 is 0 Å². The highest BCUT2D eigenvalue weighted by atomic mass is 16.5. The van der Waals surface area contributed by atoms with Gasteiger partial charge >= 0.3 is 0 Å². The number of nitrogens with one attached hydrogen (secondary N) is 1. The zero-order valence-corrected chi connectivity index (χ0v) is 19.9. The van der Waals surface area contributed by atoms with E-state index in [9.17, 15) is 4.79 Å². The summed E-state index contributed by atoms with van der Waals surface area (Å²) >= 11 is 0. The van der Waals surface area contributed by atoms with E-state index < -0.39 is 0 Å². The number of aromatic nitrogens is 3. The van der Waals surface area contributed by atoms with Gasteiger partial charge in [-0.05, 0) is 76.2 Å². The molecule has 172 valence electrons. The molecule has 8 heteroatoms. The van der Waals surface area contributed by atoms with Crippen molar-refractivity contribution in [3.63, 3.8) is 0 Å². The molecule has 1 amide bonds. The van der Waals surface area contributed by atoms with Crippen molar-refractivity contribution in [1.29, 1.82) is 0 Å². The Labute approximate surface area is 189 Å². The second-order valence-electron chi connectivity index (χ2n) is 8.21. The van der Waals surface area contributed by atoms with Crippen molar-refractivity contribution < 1.29 is 14.3 Å². The lowest BCUT2D eigenvalue weighted by Crippen LogP contribution is -2.15. The van der Waals surface area contributed by atoms with E-state index >= 15 is 0 Å². The summed E-state index contributed by atoms with van der Waals surface area (Å²) < 4.78 is 12.9. The highest BCUT2D eigenvalue weighted by Crippen LogP contribution is 2.30. The molecular weight excluding hydrogens is 406 g/mol. The van der Waals surface area contributed by atoms with Crippen LogP contribution in [0.3, 0.4) is 0 Å². The Morgan fingerprint density at radius 1 is 1.19 bits per heavy atom. The maximum absolute atomic E-state index is 12.6. The minimum Gasteiger partial charge on any atom is -0.494 e. The maximum Gasteiger partial charge on any atom is 0.242 e. The summed E-state index contributed by atoms with van der Waals surface area (Å²) in [5.41, 5.74) is 4.56. The highest BCUT2D eigenvalue weighted by molar-refractivity contribution is 5.91. The Kier molecular flexibility index (Phi) is 7.69. The highest BCUT2D eigenvalue weighted by Gasteiger charge is 2.18. The summed E-state index contributed by atoms with van der Waals surface area (Å²) in [7, 11) is 7.55. The van der Waals surface area contributed by atoms with Gasteiger partial charge in [0.1, 0.15) is 5.75 Å². The van der Waals surface area contributed by atoms with E-state index in [-0.39, 0.29) is 5.91 Å². The molecule has 0 atom stereocenters. The van der Waals surface area contributed by atoms with Crippen LogP contribution in [0.1, 0.15) is 29.7 Å². The summed E-state index contributed by atoms with van der Waals surface area (Å²) in [6.07, 6.45) is 1.92. The lowest BCUT2D eigenvalue weighted by molar-refractivity contribution is -0.116. The number of pyridine rings is 1. The number of aryl methyl sites for hydroxylation is 3. The maximum atomic E-state index is 12.6. The molecule has 0 bridgehead atoms. The van der Waals surface area contributed by atoms with Gasteiger partial charge in [0, 0.05) is 31.4 Å². The summed E-state index contributed by atoms with van der Waals surface area (Å²) in [5.74, 6) is 1.32. The van der Waals surface area contributed by atoms with Gasteiger partial charge in [-0.15, -0.1) is 5.10 Å². The van der Waals surface area contributed by atoms with Crippen molar-refractivity contribution in [1.82, 2.24) is 19.7 Å². The van der Waals surface area contributed by atoms with Crippen LogP contribution in [0.15, 0.2) is 24.3 Å². The van der Waals surface area contributed by atoms with Crippen molar-refractivity contribution >= 4 is 22.6 Å². The molecule has 2 aromatic heterocycles. The summed E-state index contributed by atoms with van der Waals surface area (Å²) in [4.78, 5) is 19.4. The second kappa shape index (κ2) is 10.5. The Morgan fingerprint density at radius 3 is 2.56 bits per heavy atom. The van der Waals surface area contributed by atoms with Gasteiger partial charge in [-0.1, -0.05) is 0 Å². The van der Waals surface area contributed by atoms with Crippen LogP contribution in [0.2, 0.25) is 0 Å². The van der Waals surface area contributed by atoms with Crippen LogP contribution in [0, 0.1) is 13.8 Å². The normalized spacial score (nSPS) is 11.2. The smallest absolute Gasteiger partial charge is 0.242 e. The van der Waals surface area contributed by atoms with Gasteiger partial charge in [-0.2, -0.15) is 0 Å². The number of carbonyl (C=O) groups is 1. The standard InChI is InChI=1S/C24H33N5O3/c1-16-20(17(2)25-23-22(16)24(31-6)27-29(23)5)12-13-21(30)26-18-8-10-19(11-9-18)32-15-7-14-28(3)4/h8-11H,7,12-15H2,1-6H3,(H,26,30). The molecule has 0 aliphatic heterocycles. The number of carbonyl (C=O) groups excluding carboxylic acids is 1. The minimum atomic E-state index is -0.0401. The molecule has 3 aromatic rings. The number of benzene rings is 1. The molecule has 32 heavy (non-hydrogen) atoms. The minimum absolute atomic E-state index is 0.0401. The van der Waals surface area contributed by atoms with E-state index in [1.54, 1.807) is 11.8 Å². The molecule has 0 saturated carbocycles. The molecule has 0 unspecified atom stereocenters. The van der Waals surface area contributed by atoms with Crippen LogP contribution in [0.5, 0.6) is 11.6 Å². The molecular formula is C24H33N5O3. The third kappa shape index (κ3) is 5.56. The number of hydrogen-bond acceptors (Lipinski definition) is 6. The van der Waals surface area contributed by atoms with Crippen LogP contribution in [-0.2, 0) is 18.3 Å². The van der Waals surface area contributed by atoms with Crippen LogP contribution in [0.4, 0.5) is 5.69 Å². The summed E-state index contributed by atoms with van der Waals surface area (Å²) in [5, 5.41) is 8.24. The first kappa shape index (κ1) is 23.5. The first-order valence-electron chi connectivity index (χ1n) is 10.8. The average Bonchev–Trinajstić information content (AvgIpc) is 3.07. The topological polar surface area (TPSA) is 81.5 Å². The quantitative estimate of drug-likeness (QED) is 0.487. The Hall–Kier alpha value is -3.13. The number of hydrogen-bond donors (Lipinski definition) is 1. The molecule has 0 spiro atoms.